The van der Waals surface area contributed by atoms with Gasteiger partial charge in [-0.1, -0.05) is 6.07 Å². The van der Waals surface area contributed by atoms with Crippen molar-refractivity contribution in [3.8, 4) is 0 Å². The maximum Gasteiger partial charge on any atom is 0.124 e. The Morgan fingerprint density at radius 3 is 2.88 bits per heavy atom. The third-order valence-electron chi connectivity index (χ3n) is 4.39. The molecule has 1 aromatic carbocycles. The quantitative estimate of drug-likeness (QED) is 0.832. The highest BCUT2D eigenvalue weighted by Crippen LogP contribution is 2.20. The standard InChI is InChI=1S/C18H24FN3O2/c19-17-12-15-2-1-3-20-18(15)16(13-17)14-22(6-9-23)5-4-21-7-10-24-11-8-21/h1-3,12-13,23H,4-11,14H2. The van der Waals surface area contributed by atoms with Crippen molar-refractivity contribution in [2.75, 3.05) is 52.5 Å². The molecule has 1 saturated heterocycles. The molecule has 24 heavy (non-hydrogen) atoms. The lowest BCUT2D eigenvalue weighted by Gasteiger charge is -2.30. The van der Waals surface area contributed by atoms with Crippen molar-refractivity contribution in [3.05, 3.63) is 41.8 Å². The molecule has 0 amide bonds. The van der Waals surface area contributed by atoms with E-state index in [4.69, 9.17) is 4.74 Å². The molecule has 1 aromatic heterocycles. The Labute approximate surface area is 141 Å². The highest BCUT2D eigenvalue weighted by Gasteiger charge is 2.14. The number of morpholine rings is 1. The second kappa shape index (κ2) is 8.48. The molecule has 0 radical (unpaired) electrons. The van der Waals surface area contributed by atoms with Crippen molar-refractivity contribution < 1.29 is 14.2 Å². The summed E-state index contributed by atoms with van der Waals surface area (Å²) in [7, 11) is 0. The fourth-order valence-electron chi connectivity index (χ4n) is 3.11. The molecule has 0 unspecified atom stereocenters. The topological polar surface area (TPSA) is 48.8 Å². The van der Waals surface area contributed by atoms with E-state index in [1.54, 1.807) is 12.3 Å². The molecule has 130 valence electrons. The molecule has 3 rings (SSSR count). The smallest absolute Gasteiger partial charge is 0.124 e. The summed E-state index contributed by atoms with van der Waals surface area (Å²) in [6, 6.07) is 6.75. The summed E-state index contributed by atoms with van der Waals surface area (Å²) in [5.74, 6) is -0.248. The summed E-state index contributed by atoms with van der Waals surface area (Å²) in [5, 5.41) is 10.2. The van der Waals surface area contributed by atoms with Crippen LogP contribution >= 0.6 is 0 Å². The fraction of sp³-hybridized carbons (Fsp3) is 0.500. The highest BCUT2D eigenvalue weighted by atomic mass is 19.1. The minimum atomic E-state index is -0.248. The van der Waals surface area contributed by atoms with Gasteiger partial charge in [-0.25, -0.2) is 4.39 Å². The van der Waals surface area contributed by atoms with E-state index >= 15 is 0 Å². The lowest BCUT2D eigenvalue weighted by molar-refractivity contribution is 0.0320. The van der Waals surface area contributed by atoms with Crippen LogP contribution in [0.1, 0.15) is 5.56 Å². The van der Waals surface area contributed by atoms with Gasteiger partial charge in [0.15, 0.2) is 0 Å². The molecule has 1 aliphatic rings. The minimum Gasteiger partial charge on any atom is -0.395 e. The van der Waals surface area contributed by atoms with Crippen molar-refractivity contribution in [3.63, 3.8) is 0 Å². The van der Waals surface area contributed by atoms with Gasteiger partial charge in [-0.3, -0.25) is 14.8 Å². The molecule has 2 aromatic rings. The zero-order valence-corrected chi connectivity index (χ0v) is 13.8. The Kier molecular flexibility index (Phi) is 6.09. The van der Waals surface area contributed by atoms with Crippen molar-refractivity contribution >= 4 is 10.9 Å². The van der Waals surface area contributed by atoms with Gasteiger partial charge in [0.2, 0.25) is 0 Å². The molecule has 6 heteroatoms. The molecule has 1 fully saturated rings. The van der Waals surface area contributed by atoms with Gasteiger partial charge in [0, 0.05) is 50.9 Å². The number of hydrogen-bond acceptors (Lipinski definition) is 5. The van der Waals surface area contributed by atoms with Crippen LogP contribution in [0.5, 0.6) is 0 Å². The number of aromatic nitrogens is 1. The minimum absolute atomic E-state index is 0.0871. The molecule has 0 bridgehead atoms. The van der Waals surface area contributed by atoms with Crippen LogP contribution in [-0.4, -0.2) is 72.4 Å². The number of hydrogen-bond donors (Lipinski definition) is 1. The van der Waals surface area contributed by atoms with E-state index in [1.165, 1.54) is 6.07 Å². The number of ether oxygens (including phenoxy) is 1. The molecule has 1 aliphatic heterocycles. The van der Waals surface area contributed by atoms with Crippen LogP contribution in [0.3, 0.4) is 0 Å². The van der Waals surface area contributed by atoms with E-state index < -0.39 is 0 Å². The van der Waals surface area contributed by atoms with Gasteiger partial charge in [0.1, 0.15) is 5.82 Å². The zero-order valence-electron chi connectivity index (χ0n) is 13.8. The normalized spacial score (nSPS) is 16.1. The summed E-state index contributed by atoms with van der Waals surface area (Å²) < 4.78 is 19.3. The number of halogens is 1. The maximum atomic E-state index is 13.9. The average molecular weight is 333 g/mol. The third kappa shape index (κ3) is 4.48. The van der Waals surface area contributed by atoms with Gasteiger partial charge in [0.05, 0.1) is 25.3 Å². The van der Waals surface area contributed by atoms with Crippen molar-refractivity contribution in [1.82, 2.24) is 14.8 Å². The molecule has 1 N–H and O–H groups in total. The summed E-state index contributed by atoms with van der Waals surface area (Å²) in [4.78, 5) is 8.91. The number of aliphatic hydroxyl groups excluding tert-OH is 1. The zero-order chi connectivity index (χ0) is 16.8. The number of rotatable bonds is 7. The molecule has 0 spiro atoms. The molecular formula is C18H24FN3O2. The van der Waals surface area contributed by atoms with Gasteiger partial charge in [-0.05, 0) is 23.8 Å². The lowest BCUT2D eigenvalue weighted by Crippen LogP contribution is -2.41. The van der Waals surface area contributed by atoms with Crippen LogP contribution in [0.15, 0.2) is 30.5 Å². The van der Waals surface area contributed by atoms with E-state index in [1.807, 2.05) is 12.1 Å². The van der Waals surface area contributed by atoms with Crippen molar-refractivity contribution in [1.29, 1.82) is 0 Å². The monoisotopic (exact) mass is 333 g/mol. The van der Waals surface area contributed by atoms with Crippen LogP contribution in [0.4, 0.5) is 4.39 Å². The SMILES string of the molecule is OCCN(CCN1CCOCC1)Cc1cc(F)cc2cccnc12. The number of benzene rings is 1. The second-order valence-corrected chi connectivity index (χ2v) is 6.09. The summed E-state index contributed by atoms with van der Waals surface area (Å²) in [6.45, 7) is 6.41. The summed E-state index contributed by atoms with van der Waals surface area (Å²) in [5.41, 5.74) is 1.69. The average Bonchev–Trinajstić information content (AvgIpc) is 2.60. The maximum absolute atomic E-state index is 13.9. The van der Waals surface area contributed by atoms with Crippen molar-refractivity contribution in [2.24, 2.45) is 0 Å². The van der Waals surface area contributed by atoms with Gasteiger partial charge >= 0.3 is 0 Å². The first-order chi connectivity index (χ1) is 11.8. The van der Waals surface area contributed by atoms with E-state index in [0.717, 1.165) is 55.9 Å². The molecule has 0 aliphatic carbocycles. The highest BCUT2D eigenvalue weighted by molar-refractivity contribution is 5.81. The van der Waals surface area contributed by atoms with Crippen LogP contribution in [0.2, 0.25) is 0 Å². The number of aliphatic hydroxyl groups is 1. The Hall–Kier alpha value is -1.60. The molecule has 0 saturated carbocycles. The van der Waals surface area contributed by atoms with Crippen LogP contribution < -0.4 is 0 Å². The van der Waals surface area contributed by atoms with E-state index in [-0.39, 0.29) is 12.4 Å². The Morgan fingerprint density at radius 1 is 1.25 bits per heavy atom. The van der Waals surface area contributed by atoms with E-state index in [2.05, 4.69) is 14.8 Å². The Bertz CT molecular complexity index is 662. The first-order valence-corrected chi connectivity index (χ1v) is 8.43. The van der Waals surface area contributed by atoms with Gasteiger partial charge in [-0.15, -0.1) is 0 Å². The van der Waals surface area contributed by atoms with Crippen molar-refractivity contribution in [2.45, 2.75) is 6.54 Å². The molecule has 0 atom stereocenters. The fourth-order valence-corrected chi connectivity index (χ4v) is 3.11. The number of nitrogens with zero attached hydrogens (tertiary/aromatic N) is 3. The predicted octanol–water partition coefficient (Wildman–Crippen LogP) is 1.50. The largest absolute Gasteiger partial charge is 0.395 e. The Balaban J connectivity index is 1.70. The van der Waals surface area contributed by atoms with Gasteiger partial charge in [-0.2, -0.15) is 0 Å². The lowest BCUT2D eigenvalue weighted by atomic mass is 10.1. The van der Waals surface area contributed by atoms with Crippen LogP contribution in [0, 0.1) is 5.82 Å². The van der Waals surface area contributed by atoms with Gasteiger partial charge < -0.3 is 9.84 Å². The third-order valence-corrected chi connectivity index (χ3v) is 4.39. The second-order valence-electron chi connectivity index (χ2n) is 6.09. The van der Waals surface area contributed by atoms with E-state index in [0.29, 0.717) is 13.1 Å². The predicted molar refractivity (Wildman–Crippen MR) is 91.3 cm³/mol. The van der Waals surface area contributed by atoms with Crippen LogP contribution in [-0.2, 0) is 11.3 Å². The number of fused-ring (bicyclic) bond motifs is 1. The first kappa shape index (κ1) is 17.2. The summed E-state index contributed by atoms with van der Waals surface area (Å²) in [6.07, 6.45) is 1.73. The summed E-state index contributed by atoms with van der Waals surface area (Å²) >= 11 is 0. The van der Waals surface area contributed by atoms with E-state index in [9.17, 15) is 9.50 Å². The Morgan fingerprint density at radius 2 is 2.08 bits per heavy atom. The number of pyridine rings is 1. The van der Waals surface area contributed by atoms with Crippen LogP contribution in [0.25, 0.3) is 10.9 Å². The first-order valence-electron chi connectivity index (χ1n) is 8.43. The molecule has 2 heterocycles. The van der Waals surface area contributed by atoms with Gasteiger partial charge in [0.25, 0.3) is 0 Å². The molecular weight excluding hydrogens is 309 g/mol. The molecule has 5 nitrogen and oxygen atoms in total.